The Bertz CT molecular complexity index is 226. The predicted molar refractivity (Wildman–Crippen MR) is 59.7 cm³/mol. The van der Waals surface area contributed by atoms with E-state index in [9.17, 15) is 4.79 Å². The van der Waals surface area contributed by atoms with E-state index in [2.05, 4.69) is 17.1 Å². The van der Waals surface area contributed by atoms with Gasteiger partial charge in [-0.2, -0.15) is 0 Å². The van der Waals surface area contributed by atoms with Gasteiger partial charge in [-0.15, -0.1) is 0 Å². The molecule has 1 atom stereocenters. The average Bonchev–Trinajstić information content (AvgIpc) is 2.74. The van der Waals surface area contributed by atoms with Crippen LogP contribution in [0.1, 0.15) is 19.8 Å². The van der Waals surface area contributed by atoms with Crippen molar-refractivity contribution in [1.29, 1.82) is 0 Å². The lowest BCUT2D eigenvalue weighted by atomic mass is 10.2. The van der Waals surface area contributed by atoms with Gasteiger partial charge in [0.15, 0.2) is 0 Å². The molecule has 2 saturated heterocycles. The fourth-order valence-electron chi connectivity index (χ4n) is 2.36. The van der Waals surface area contributed by atoms with E-state index in [0.29, 0.717) is 18.5 Å². The van der Waals surface area contributed by atoms with Crippen LogP contribution < -0.4 is 5.32 Å². The predicted octanol–water partition coefficient (Wildman–Crippen LogP) is -0.0975. The third-order valence-corrected chi connectivity index (χ3v) is 3.44. The van der Waals surface area contributed by atoms with Crippen molar-refractivity contribution in [3.63, 3.8) is 0 Å². The largest absolute Gasteiger partial charge is 0.342 e. The fourth-order valence-corrected chi connectivity index (χ4v) is 2.36. The van der Waals surface area contributed by atoms with Crippen LogP contribution in [0.15, 0.2) is 0 Å². The van der Waals surface area contributed by atoms with Crippen molar-refractivity contribution in [3.05, 3.63) is 0 Å². The van der Waals surface area contributed by atoms with Gasteiger partial charge < -0.3 is 10.2 Å². The van der Waals surface area contributed by atoms with E-state index >= 15 is 0 Å². The van der Waals surface area contributed by atoms with Crippen molar-refractivity contribution >= 4 is 5.91 Å². The zero-order valence-corrected chi connectivity index (χ0v) is 9.54. The van der Waals surface area contributed by atoms with Gasteiger partial charge in [0.2, 0.25) is 5.91 Å². The molecular weight excluding hydrogens is 190 g/mol. The van der Waals surface area contributed by atoms with E-state index in [0.717, 1.165) is 32.7 Å². The molecule has 0 aliphatic carbocycles. The molecule has 15 heavy (non-hydrogen) atoms. The minimum atomic E-state index is 0.321. The highest BCUT2D eigenvalue weighted by atomic mass is 16.2. The summed E-state index contributed by atoms with van der Waals surface area (Å²) in [6, 6.07) is 0.491. The minimum Gasteiger partial charge on any atom is -0.342 e. The van der Waals surface area contributed by atoms with Crippen molar-refractivity contribution in [2.24, 2.45) is 0 Å². The molecule has 0 spiro atoms. The van der Waals surface area contributed by atoms with Crippen molar-refractivity contribution < 1.29 is 4.79 Å². The number of carbonyl (C=O) groups is 1. The molecule has 1 amide bonds. The Kier molecular flexibility index (Phi) is 3.59. The highest BCUT2D eigenvalue weighted by Gasteiger charge is 2.24. The maximum Gasteiger partial charge on any atom is 0.236 e. The molecule has 2 rings (SSSR count). The van der Waals surface area contributed by atoms with Gasteiger partial charge in [-0.3, -0.25) is 9.69 Å². The van der Waals surface area contributed by atoms with Gasteiger partial charge in [0.05, 0.1) is 6.54 Å². The maximum atomic E-state index is 11.9. The number of hydrogen-bond donors (Lipinski definition) is 1. The van der Waals surface area contributed by atoms with Gasteiger partial charge in [0.1, 0.15) is 0 Å². The summed E-state index contributed by atoms with van der Waals surface area (Å²) in [6.45, 7) is 7.76. The van der Waals surface area contributed by atoms with Gasteiger partial charge in [-0.05, 0) is 19.8 Å². The number of nitrogens with zero attached hydrogens (tertiary/aromatic N) is 2. The minimum absolute atomic E-state index is 0.321. The van der Waals surface area contributed by atoms with Crippen molar-refractivity contribution in [3.8, 4) is 0 Å². The van der Waals surface area contributed by atoms with Crippen LogP contribution in [0.2, 0.25) is 0 Å². The van der Waals surface area contributed by atoms with Gasteiger partial charge in [0, 0.05) is 38.8 Å². The van der Waals surface area contributed by atoms with Crippen molar-refractivity contribution in [2.45, 2.75) is 25.8 Å². The fraction of sp³-hybridized carbons (Fsp3) is 0.909. The number of likely N-dealkylation sites (tertiary alicyclic amines) is 1. The lowest BCUT2D eigenvalue weighted by Gasteiger charge is -2.34. The molecular formula is C11H21N3O. The molecule has 2 aliphatic rings. The van der Waals surface area contributed by atoms with Gasteiger partial charge in [-0.25, -0.2) is 0 Å². The second-order valence-electron chi connectivity index (χ2n) is 4.61. The Hall–Kier alpha value is -0.610. The second kappa shape index (κ2) is 4.94. The van der Waals surface area contributed by atoms with Crippen LogP contribution in [0.3, 0.4) is 0 Å². The maximum absolute atomic E-state index is 11.9. The number of amides is 1. The first-order chi connectivity index (χ1) is 7.27. The molecule has 4 heteroatoms. The highest BCUT2D eigenvalue weighted by molar-refractivity contribution is 5.78. The summed E-state index contributed by atoms with van der Waals surface area (Å²) in [5.41, 5.74) is 0. The standard InChI is InChI=1S/C11H21N3O/c1-10-8-12-4-7-14(10)9-11(15)13-5-2-3-6-13/h10,12H,2-9H2,1H3/t10-/m0/s1. The molecule has 0 aromatic rings. The van der Waals surface area contributed by atoms with E-state index in [-0.39, 0.29) is 0 Å². The molecule has 86 valence electrons. The van der Waals surface area contributed by atoms with Crippen molar-refractivity contribution in [1.82, 2.24) is 15.1 Å². The first-order valence-electron chi connectivity index (χ1n) is 6.00. The molecule has 0 saturated carbocycles. The molecule has 1 N–H and O–H groups in total. The summed E-state index contributed by atoms with van der Waals surface area (Å²) >= 11 is 0. The van der Waals surface area contributed by atoms with Gasteiger partial charge in [0.25, 0.3) is 0 Å². The summed E-state index contributed by atoms with van der Waals surface area (Å²) in [4.78, 5) is 16.2. The third kappa shape index (κ3) is 2.69. The highest BCUT2D eigenvalue weighted by Crippen LogP contribution is 2.09. The van der Waals surface area contributed by atoms with E-state index < -0.39 is 0 Å². The first kappa shape index (κ1) is 10.9. The third-order valence-electron chi connectivity index (χ3n) is 3.44. The number of piperazine rings is 1. The Labute approximate surface area is 91.6 Å². The first-order valence-corrected chi connectivity index (χ1v) is 6.00. The Morgan fingerprint density at radius 1 is 1.33 bits per heavy atom. The summed E-state index contributed by atoms with van der Waals surface area (Å²) < 4.78 is 0. The van der Waals surface area contributed by atoms with Crippen molar-refractivity contribution in [2.75, 3.05) is 39.3 Å². The van der Waals surface area contributed by atoms with E-state index in [1.807, 2.05) is 4.90 Å². The zero-order chi connectivity index (χ0) is 10.7. The lowest BCUT2D eigenvalue weighted by molar-refractivity contribution is -0.132. The summed E-state index contributed by atoms with van der Waals surface area (Å²) in [6.07, 6.45) is 2.37. The summed E-state index contributed by atoms with van der Waals surface area (Å²) in [5, 5.41) is 3.34. The molecule has 2 heterocycles. The van der Waals surface area contributed by atoms with Crippen LogP contribution in [0.25, 0.3) is 0 Å². The molecule has 0 aromatic heterocycles. The van der Waals surface area contributed by atoms with Crippen LogP contribution in [0, 0.1) is 0 Å². The molecule has 2 aliphatic heterocycles. The zero-order valence-electron chi connectivity index (χ0n) is 9.54. The Balaban J connectivity index is 1.81. The van der Waals surface area contributed by atoms with E-state index in [1.165, 1.54) is 12.8 Å². The summed E-state index contributed by atoms with van der Waals surface area (Å²) in [5.74, 6) is 0.321. The van der Waals surface area contributed by atoms with Gasteiger partial charge >= 0.3 is 0 Å². The number of hydrogen-bond acceptors (Lipinski definition) is 3. The van der Waals surface area contributed by atoms with Crippen LogP contribution in [0.4, 0.5) is 0 Å². The number of nitrogens with one attached hydrogen (secondary N) is 1. The van der Waals surface area contributed by atoms with Crippen LogP contribution in [0.5, 0.6) is 0 Å². The molecule has 4 nitrogen and oxygen atoms in total. The topological polar surface area (TPSA) is 35.6 Å². The normalized spacial score (nSPS) is 28.3. The van der Waals surface area contributed by atoms with Gasteiger partial charge in [-0.1, -0.05) is 0 Å². The van der Waals surface area contributed by atoms with E-state index in [1.54, 1.807) is 0 Å². The molecule has 0 bridgehead atoms. The Morgan fingerprint density at radius 2 is 2.07 bits per heavy atom. The van der Waals surface area contributed by atoms with Crippen LogP contribution in [-0.4, -0.2) is 61.0 Å². The second-order valence-corrected chi connectivity index (χ2v) is 4.61. The number of carbonyl (C=O) groups excluding carboxylic acids is 1. The van der Waals surface area contributed by atoms with E-state index in [4.69, 9.17) is 0 Å². The quantitative estimate of drug-likeness (QED) is 0.693. The molecule has 0 unspecified atom stereocenters. The van der Waals surface area contributed by atoms with Crippen LogP contribution >= 0.6 is 0 Å². The molecule has 0 aromatic carbocycles. The number of rotatable bonds is 2. The SMILES string of the molecule is C[C@H]1CNCCN1CC(=O)N1CCCC1. The molecule has 0 radical (unpaired) electrons. The lowest BCUT2D eigenvalue weighted by Crippen LogP contribution is -2.52. The average molecular weight is 211 g/mol. The Morgan fingerprint density at radius 3 is 2.73 bits per heavy atom. The monoisotopic (exact) mass is 211 g/mol. The smallest absolute Gasteiger partial charge is 0.236 e. The molecule has 2 fully saturated rings. The summed E-state index contributed by atoms with van der Waals surface area (Å²) in [7, 11) is 0. The van der Waals surface area contributed by atoms with Crippen LogP contribution in [-0.2, 0) is 4.79 Å².